The van der Waals surface area contributed by atoms with E-state index in [-0.39, 0.29) is 5.82 Å². The molecule has 4 rings (SSSR count). The molecular weight excluding hydrogens is 305 g/mol. The molecule has 0 amide bonds. The van der Waals surface area contributed by atoms with E-state index >= 15 is 0 Å². The maximum atomic E-state index is 13.7. The van der Waals surface area contributed by atoms with Crippen LogP contribution < -0.4 is 0 Å². The van der Waals surface area contributed by atoms with E-state index in [4.69, 9.17) is 0 Å². The van der Waals surface area contributed by atoms with Crippen molar-refractivity contribution < 1.29 is 4.39 Å². The van der Waals surface area contributed by atoms with Gasteiger partial charge in [0.2, 0.25) is 4.96 Å². The maximum absolute atomic E-state index is 13.7. The molecule has 0 radical (unpaired) electrons. The second kappa shape index (κ2) is 5.13. The van der Waals surface area contributed by atoms with Gasteiger partial charge < -0.3 is 0 Å². The number of rotatable bonds is 3. The molecule has 0 saturated heterocycles. The summed E-state index contributed by atoms with van der Waals surface area (Å²) < 4.78 is 16.9. The summed E-state index contributed by atoms with van der Waals surface area (Å²) in [6, 6.07) is 15.0. The topological polar surface area (TPSA) is 30.2 Å². The quantitative estimate of drug-likeness (QED) is 0.526. The Morgan fingerprint density at radius 1 is 1.05 bits per heavy atom. The average molecular weight is 315 g/mol. The number of nitrogens with zero attached hydrogens (tertiary/aromatic N) is 3. The summed E-state index contributed by atoms with van der Waals surface area (Å²) in [5, 5.41) is 9.22. The third-order valence-electron chi connectivity index (χ3n) is 3.23. The molecule has 0 fully saturated rings. The molecule has 0 atom stereocenters. The molecule has 2 aromatic heterocycles. The summed E-state index contributed by atoms with van der Waals surface area (Å²) in [6.45, 7) is 0. The van der Waals surface area contributed by atoms with Crippen LogP contribution in [0.15, 0.2) is 53.7 Å². The number of para-hydroxylation sites is 1. The van der Waals surface area contributed by atoms with Crippen LogP contribution >= 0.6 is 23.1 Å². The lowest BCUT2D eigenvalue weighted by atomic mass is 10.2. The van der Waals surface area contributed by atoms with Crippen molar-refractivity contribution >= 4 is 38.3 Å². The molecule has 0 spiro atoms. The van der Waals surface area contributed by atoms with Gasteiger partial charge in [0.1, 0.15) is 5.82 Å². The Morgan fingerprint density at radius 3 is 2.76 bits per heavy atom. The molecule has 3 nitrogen and oxygen atoms in total. The highest BCUT2D eigenvalue weighted by Crippen LogP contribution is 2.30. The first-order valence-electron chi connectivity index (χ1n) is 6.42. The molecule has 0 N–H and O–H groups in total. The minimum atomic E-state index is -0.180. The highest BCUT2D eigenvalue weighted by Gasteiger charge is 2.13. The molecule has 4 aromatic rings. The highest BCUT2D eigenvalue weighted by molar-refractivity contribution is 7.98. The molecule has 0 aliphatic carbocycles. The van der Waals surface area contributed by atoms with E-state index in [1.54, 1.807) is 23.5 Å². The lowest BCUT2D eigenvalue weighted by Crippen LogP contribution is -1.89. The lowest BCUT2D eigenvalue weighted by molar-refractivity contribution is 0.617. The summed E-state index contributed by atoms with van der Waals surface area (Å²) in [6.07, 6.45) is 0. The van der Waals surface area contributed by atoms with Gasteiger partial charge in [-0.3, -0.25) is 4.40 Å². The number of aromatic nitrogens is 3. The standard InChI is InChI=1S/C15H10FN3S2/c16-11-6-2-1-5-10(11)9-20-14-17-18-15-19(14)12-7-3-4-8-13(12)21-15/h1-8H,9H2. The molecule has 104 valence electrons. The van der Waals surface area contributed by atoms with E-state index in [9.17, 15) is 4.39 Å². The summed E-state index contributed by atoms with van der Waals surface area (Å²) in [5.74, 6) is 0.360. The number of thiazole rings is 1. The van der Waals surface area contributed by atoms with Gasteiger partial charge >= 0.3 is 0 Å². The van der Waals surface area contributed by atoms with E-state index in [1.165, 1.54) is 22.5 Å². The third kappa shape index (κ3) is 2.20. The summed E-state index contributed by atoms with van der Waals surface area (Å²) in [5.41, 5.74) is 1.78. The third-order valence-corrected chi connectivity index (χ3v) is 5.22. The van der Waals surface area contributed by atoms with Crippen molar-refractivity contribution in [3.63, 3.8) is 0 Å². The van der Waals surface area contributed by atoms with Gasteiger partial charge in [0.05, 0.1) is 10.2 Å². The molecule has 0 aliphatic heterocycles. The first-order valence-corrected chi connectivity index (χ1v) is 8.22. The minimum Gasteiger partial charge on any atom is -0.260 e. The van der Waals surface area contributed by atoms with Crippen molar-refractivity contribution in [1.29, 1.82) is 0 Å². The van der Waals surface area contributed by atoms with Gasteiger partial charge in [-0.2, -0.15) is 0 Å². The monoisotopic (exact) mass is 315 g/mol. The van der Waals surface area contributed by atoms with Crippen molar-refractivity contribution in [3.8, 4) is 0 Å². The fourth-order valence-electron chi connectivity index (χ4n) is 2.21. The summed E-state index contributed by atoms with van der Waals surface area (Å²) >= 11 is 3.11. The predicted molar refractivity (Wildman–Crippen MR) is 84.3 cm³/mol. The largest absolute Gasteiger partial charge is 0.260 e. The van der Waals surface area contributed by atoms with Crippen LogP contribution in [-0.2, 0) is 5.75 Å². The number of hydrogen-bond acceptors (Lipinski definition) is 4. The molecule has 0 bridgehead atoms. The minimum absolute atomic E-state index is 0.180. The Morgan fingerprint density at radius 2 is 1.86 bits per heavy atom. The molecule has 0 saturated carbocycles. The van der Waals surface area contributed by atoms with Crippen molar-refractivity contribution in [2.45, 2.75) is 10.9 Å². The first kappa shape index (κ1) is 12.8. The van der Waals surface area contributed by atoms with E-state index in [2.05, 4.69) is 22.3 Å². The average Bonchev–Trinajstić information content (AvgIpc) is 3.05. The molecule has 6 heteroatoms. The number of fused-ring (bicyclic) bond motifs is 3. The molecule has 2 aromatic carbocycles. The van der Waals surface area contributed by atoms with Crippen LogP contribution in [0.5, 0.6) is 0 Å². The van der Waals surface area contributed by atoms with E-state index in [1.807, 2.05) is 22.6 Å². The van der Waals surface area contributed by atoms with Crippen molar-refractivity contribution in [1.82, 2.24) is 14.6 Å². The smallest absolute Gasteiger partial charge is 0.217 e. The van der Waals surface area contributed by atoms with Crippen molar-refractivity contribution in [3.05, 3.63) is 59.9 Å². The molecule has 0 unspecified atom stereocenters. The summed E-state index contributed by atoms with van der Waals surface area (Å²) in [7, 11) is 0. The zero-order valence-electron chi connectivity index (χ0n) is 10.9. The zero-order valence-corrected chi connectivity index (χ0v) is 12.5. The second-order valence-electron chi connectivity index (χ2n) is 4.55. The van der Waals surface area contributed by atoms with Crippen LogP contribution in [-0.4, -0.2) is 14.6 Å². The van der Waals surface area contributed by atoms with Crippen LogP contribution in [0.4, 0.5) is 4.39 Å². The van der Waals surface area contributed by atoms with Crippen LogP contribution in [0, 0.1) is 5.82 Å². The van der Waals surface area contributed by atoms with Crippen molar-refractivity contribution in [2.75, 3.05) is 0 Å². The van der Waals surface area contributed by atoms with Gasteiger partial charge in [0.15, 0.2) is 5.16 Å². The van der Waals surface area contributed by atoms with Gasteiger partial charge in [-0.15, -0.1) is 10.2 Å². The van der Waals surface area contributed by atoms with Crippen LogP contribution in [0.25, 0.3) is 15.2 Å². The molecule has 21 heavy (non-hydrogen) atoms. The van der Waals surface area contributed by atoms with Crippen molar-refractivity contribution in [2.24, 2.45) is 0 Å². The Balaban J connectivity index is 1.72. The predicted octanol–water partition coefficient (Wildman–Crippen LogP) is 4.38. The van der Waals surface area contributed by atoms with Crippen LogP contribution in [0.2, 0.25) is 0 Å². The number of benzene rings is 2. The Bertz CT molecular complexity index is 929. The van der Waals surface area contributed by atoms with E-state index in [0.29, 0.717) is 11.3 Å². The Labute approximate surface area is 128 Å². The van der Waals surface area contributed by atoms with Gasteiger partial charge in [-0.05, 0) is 23.8 Å². The van der Waals surface area contributed by atoms with Gasteiger partial charge in [-0.1, -0.05) is 53.4 Å². The Kier molecular flexibility index (Phi) is 3.12. The summed E-state index contributed by atoms with van der Waals surface area (Å²) in [4.78, 5) is 0.868. The lowest BCUT2D eigenvalue weighted by Gasteiger charge is -2.01. The van der Waals surface area contributed by atoms with E-state index in [0.717, 1.165) is 15.6 Å². The second-order valence-corrected chi connectivity index (χ2v) is 6.50. The number of thioether (sulfide) groups is 1. The van der Waals surface area contributed by atoms with Gasteiger partial charge in [0, 0.05) is 5.75 Å². The first-order chi connectivity index (χ1) is 10.3. The number of halogens is 1. The number of hydrogen-bond donors (Lipinski definition) is 0. The van der Waals surface area contributed by atoms with Crippen LogP contribution in [0.3, 0.4) is 0 Å². The Hall–Kier alpha value is -1.92. The molecular formula is C15H10FN3S2. The molecule has 2 heterocycles. The van der Waals surface area contributed by atoms with E-state index < -0.39 is 0 Å². The SMILES string of the molecule is Fc1ccccc1CSc1nnc2sc3ccccc3n12. The zero-order chi connectivity index (χ0) is 14.2. The highest BCUT2D eigenvalue weighted by atomic mass is 32.2. The van der Waals surface area contributed by atoms with Gasteiger partial charge in [0.25, 0.3) is 0 Å². The normalized spacial score (nSPS) is 11.5. The fourth-order valence-corrected chi connectivity index (χ4v) is 4.16. The fraction of sp³-hybridized carbons (Fsp3) is 0.0667. The maximum Gasteiger partial charge on any atom is 0.217 e. The van der Waals surface area contributed by atoms with Gasteiger partial charge in [-0.25, -0.2) is 4.39 Å². The van der Waals surface area contributed by atoms with Crippen LogP contribution in [0.1, 0.15) is 5.56 Å². The molecule has 0 aliphatic rings.